The highest BCUT2D eigenvalue weighted by molar-refractivity contribution is 5.83. The lowest BCUT2D eigenvalue weighted by Gasteiger charge is -2.32. The van der Waals surface area contributed by atoms with Crippen LogP contribution < -0.4 is 0 Å². The predicted molar refractivity (Wildman–Crippen MR) is 60.6 cm³/mol. The molecule has 1 fully saturated rings. The van der Waals surface area contributed by atoms with Crippen LogP contribution in [0.25, 0.3) is 0 Å². The molecule has 0 aromatic heterocycles. The quantitative estimate of drug-likeness (QED) is 0.681. The van der Waals surface area contributed by atoms with E-state index in [1.54, 1.807) is 6.92 Å². The SMILES string of the molecule is CC1(F)CCC(CC(=O)C(C)(C)C)CC1. The molecule has 0 atom stereocenters. The van der Waals surface area contributed by atoms with E-state index in [0.29, 0.717) is 31.0 Å². The minimum absolute atomic E-state index is 0.240. The molecular weight excluding hydrogens is 191 g/mol. The topological polar surface area (TPSA) is 17.1 Å². The number of carbonyl (C=O) groups is 1. The van der Waals surface area contributed by atoms with Gasteiger partial charge in [-0.1, -0.05) is 20.8 Å². The standard InChI is InChI=1S/C13H23FO/c1-12(2,3)11(15)9-10-5-7-13(4,14)8-6-10/h10H,5-9H2,1-4H3. The van der Waals surface area contributed by atoms with Crippen molar-refractivity contribution in [3.05, 3.63) is 0 Å². The number of ketones is 1. The van der Waals surface area contributed by atoms with Gasteiger partial charge in [0.15, 0.2) is 0 Å². The average Bonchev–Trinajstić information content (AvgIpc) is 2.07. The smallest absolute Gasteiger partial charge is 0.138 e. The van der Waals surface area contributed by atoms with Gasteiger partial charge in [-0.3, -0.25) is 4.79 Å². The molecule has 2 heteroatoms. The van der Waals surface area contributed by atoms with Crippen molar-refractivity contribution in [3.63, 3.8) is 0 Å². The average molecular weight is 214 g/mol. The summed E-state index contributed by atoms with van der Waals surface area (Å²) in [6.07, 6.45) is 3.62. The summed E-state index contributed by atoms with van der Waals surface area (Å²) in [5, 5.41) is 0. The van der Waals surface area contributed by atoms with Crippen LogP contribution in [0.2, 0.25) is 0 Å². The van der Waals surface area contributed by atoms with Crippen LogP contribution in [0.1, 0.15) is 59.8 Å². The lowest BCUT2D eigenvalue weighted by atomic mass is 9.76. The van der Waals surface area contributed by atoms with Crippen molar-refractivity contribution < 1.29 is 9.18 Å². The number of carbonyl (C=O) groups excluding carboxylic acids is 1. The van der Waals surface area contributed by atoms with Gasteiger partial charge in [-0.15, -0.1) is 0 Å². The molecule has 0 spiro atoms. The van der Waals surface area contributed by atoms with Crippen LogP contribution in [-0.2, 0) is 4.79 Å². The minimum Gasteiger partial charge on any atom is -0.299 e. The van der Waals surface area contributed by atoms with Crippen molar-refractivity contribution in [1.82, 2.24) is 0 Å². The summed E-state index contributed by atoms with van der Waals surface area (Å²) in [5.41, 5.74) is -1.22. The Hall–Kier alpha value is -0.400. The molecule has 1 aliphatic rings. The Morgan fingerprint density at radius 1 is 1.33 bits per heavy atom. The molecule has 0 unspecified atom stereocenters. The van der Waals surface area contributed by atoms with Gasteiger partial charge >= 0.3 is 0 Å². The zero-order valence-corrected chi connectivity index (χ0v) is 10.4. The highest BCUT2D eigenvalue weighted by atomic mass is 19.1. The van der Waals surface area contributed by atoms with E-state index in [9.17, 15) is 9.18 Å². The maximum atomic E-state index is 13.5. The van der Waals surface area contributed by atoms with E-state index in [2.05, 4.69) is 0 Å². The third-order valence-electron chi connectivity index (χ3n) is 3.46. The molecule has 0 aromatic carbocycles. The van der Waals surface area contributed by atoms with Crippen LogP contribution in [-0.4, -0.2) is 11.5 Å². The van der Waals surface area contributed by atoms with E-state index in [1.807, 2.05) is 20.8 Å². The van der Waals surface area contributed by atoms with E-state index < -0.39 is 5.67 Å². The summed E-state index contributed by atoms with van der Waals surface area (Å²) in [6.45, 7) is 7.54. The molecule has 0 amide bonds. The van der Waals surface area contributed by atoms with Crippen LogP contribution in [0.4, 0.5) is 4.39 Å². The lowest BCUT2D eigenvalue weighted by Crippen LogP contribution is -2.29. The van der Waals surface area contributed by atoms with Crippen molar-refractivity contribution in [2.75, 3.05) is 0 Å². The van der Waals surface area contributed by atoms with Crippen molar-refractivity contribution in [2.24, 2.45) is 11.3 Å². The van der Waals surface area contributed by atoms with Crippen LogP contribution in [0.15, 0.2) is 0 Å². The van der Waals surface area contributed by atoms with Gasteiger partial charge in [-0.05, 0) is 38.5 Å². The van der Waals surface area contributed by atoms with Crippen LogP contribution in [0.5, 0.6) is 0 Å². The maximum absolute atomic E-state index is 13.5. The van der Waals surface area contributed by atoms with E-state index in [1.165, 1.54) is 0 Å². The Morgan fingerprint density at radius 3 is 2.20 bits per heavy atom. The molecule has 1 aliphatic carbocycles. The number of rotatable bonds is 2. The Bertz CT molecular complexity index is 227. The van der Waals surface area contributed by atoms with Gasteiger partial charge in [0.05, 0.1) is 0 Å². The summed E-state index contributed by atoms with van der Waals surface area (Å²) in [6, 6.07) is 0. The zero-order valence-electron chi connectivity index (χ0n) is 10.4. The fourth-order valence-corrected chi connectivity index (χ4v) is 2.05. The number of hydrogen-bond acceptors (Lipinski definition) is 1. The van der Waals surface area contributed by atoms with Crippen molar-refractivity contribution in [2.45, 2.75) is 65.5 Å². The Labute approximate surface area is 92.4 Å². The van der Waals surface area contributed by atoms with Gasteiger partial charge in [0.25, 0.3) is 0 Å². The normalized spacial score (nSPS) is 32.7. The molecule has 0 bridgehead atoms. The van der Waals surface area contributed by atoms with Gasteiger partial charge < -0.3 is 0 Å². The molecule has 88 valence electrons. The Kier molecular flexibility index (Phi) is 3.57. The fraction of sp³-hybridized carbons (Fsp3) is 0.923. The third-order valence-corrected chi connectivity index (χ3v) is 3.46. The number of halogens is 1. The second-order valence-electron chi connectivity index (χ2n) is 6.23. The van der Waals surface area contributed by atoms with Gasteiger partial charge in [0.2, 0.25) is 0 Å². The van der Waals surface area contributed by atoms with Crippen LogP contribution in [0.3, 0.4) is 0 Å². The second-order valence-corrected chi connectivity index (χ2v) is 6.23. The number of hydrogen-bond donors (Lipinski definition) is 0. The first kappa shape index (κ1) is 12.7. The molecule has 0 aromatic rings. The Balaban J connectivity index is 2.40. The predicted octanol–water partition coefficient (Wildman–Crippen LogP) is 3.91. The van der Waals surface area contributed by atoms with Crippen molar-refractivity contribution in [3.8, 4) is 0 Å². The van der Waals surface area contributed by atoms with Crippen molar-refractivity contribution in [1.29, 1.82) is 0 Å². The summed E-state index contributed by atoms with van der Waals surface area (Å²) in [7, 11) is 0. The van der Waals surface area contributed by atoms with Gasteiger partial charge in [0.1, 0.15) is 11.5 Å². The van der Waals surface area contributed by atoms with Crippen LogP contribution in [0, 0.1) is 11.3 Å². The molecule has 0 heterocycles. The first-order chi connectivity index (χ1) is 6.71. The molecule has 15 heavy (non-hydrogen) atoms. The monoisotopic (exact) mass is 214 g/mol. The fourth-order valence-electron chi connectivity index (χ4n) is 2.05. The maximum Gasteiger partial charge on any atom is 0.138 e. The summed E-state index contributed by atoms with van der Waals surface area (Å²) < 4.78 is 13.5. The van der Waals surface area contributed by atoms with E-state index >= 15 is 0 Å². The summed E-state index contributed by atoms with van der Waals surface area (Å²) >= 11 is 0. The first-order valence-electron chi connectivity index (χ1n) is 5.93. The summed E-state index contributed by atoms with van der Waals surface area (Å²) in [4.78, 5) is 11.8. The molecule has 1 saturated carbocycles. The summed E-state index contributed by atoms with van der Waals surface area (Å²) in [5.74, 6) is 0.732. The van der Waals surface area contributed by atoms with E-state index in [0.717, 1.165) is 12.8 Å². The largest absolute Gasteiger partial charge is 0.299 e. The van der Waals surface area contributed by atoms with Gasteiger partial charge in [-0.25, -0.2) is 4.39 Å². The molecule has 0 N–H and O–H groups in total. The second kappa shape index (κ2) is 4.23. The highest BCUT2D eigenvalue weighted by Gasteiger charge is 2.33. The lowest BCUT2D eigenvalue weighted by molar-refractivity contribution is -0.127. The first-order valence-corrected chi connectivity index (χ1v) is 5.93. The highest BCUT2D eigenvalue weighted by Crippen LogP contribution is 2.37. The van der Waals surface area contributed by atoms with Crippen molar-refractivity contribution >= 4 is 5.78 Å². The van der Waals surface area contributed by atoms with Crippen LogP contribution >= 0.6 is 0 Å². The van der Waals surface area contributed by atoms with Gasteiger partial charge in [0, 0.05) is 11.8 Å². The molecule has 0 radical (unpaired) electrons. The third kappa shape index (κ3) is 3.92. The number of alkyl halides is 1. The van der Waals surface area contributed by atoms with E-state index in [4.69, 9.17) is 0 Å². The molecular formula is C13H23FO. The molecule has 1 nitrogen and oxygen atoms in total. The molecule has 1 rings (SSSR count). The molecule has 0 saturated heterocycles. The van der Waals surface area contributed by atoms with E-state index in [-0.39, 0.29) is 5.41 Å². The number of Topliss-reactive ketones (excluding diaryl/α,β-unsaturated/α-hetero) is 1. The Morgan fingerprint density at radius 2 is 1.80 bits per heavy atom. The van der Waals surface area contributed by atoms with Gasteiger partial charge in [-0.2, -0.15) is 0 Å². The minimum atomic E-state index is -0.985. The molecule has 0 aliphatic heterocycles. The zero-order chi connectivity index (χ0) is 11.7.